The first-order valence-electron chi connectivity index (χ1n) is 36.2. The van der Waals surface area contributed by atoms with Crippen molar-refractivity contribution in [2.45, 2.75) is 0 Å². The highest BCUT2D eigenvalue weighted by atomic mass is 16.3. The Balaban J connectivity index is 0.000000149. The van der Waals surface area contributed by atoms with Crippen molar-refractivity contribution >= 4 is 43.9 Å². The van der Waals surface area contributed by atoms with Gasteiger partial charge in [0.1, 0.15) is 22.3 Å². The number of nitrogens with zero attached hydrogens (tertiary/aromatic N) is 11. The predicted molar refractivity (Wildman–Crippen MR) is 439 cm³/mol. The Morgan fingerprint density at radius 3 is 0.655 bits per heavy atom. The summed E-state index contributed by atoms with van der Waals surface area (Å²) < 4.78 is 13.3. The van der Waals surface area contributed by atoms with E-state index in [2.05, 4.69) is 127 Å². The van der Waals surface area contributed by atoms with Gasteiger partial charge in [-0.3, -0.25) is 0 Å². The van der Waals surface area contributed by atoms with Crippen LogP contribution in [0.1, 0.15) is 0 Å². The van der Waals surface area contributed by atoms with Crippen molar-refractivity contribution in [2.24, 2.45) is 0 Å². The van der Waals surface area contributed by atoms with Crippen LogP contribution in [0.15, 0.2) is 379 Å². The Hall–Kier alpha value is -15.2. The van der Waals surface area contributed by atoms with Gasteiger partial charge in [-0.15, -0.1) is 0 Å². The molecule has 6 heterocycles. The molecule has 13 nitrogen and oxygen atoms in total. The first-order valence-corrected chi connectivity index (χ1v) is 36.2. The average molecular weight is 1410 g/mol. The standard InChI is InChI=1S/C49H31N5O.C48H30N6O/c1-5-15-33(16-6-1)41-31-42(34-17-7-2-8-18-34)51-46(50-41)37-29-27-32(28-30-37)38-23-13-24-39-44-40(25-14-26-43(44)55-45(38)39)49-53-47(35-19-9-3-10-20-35)52-48(54-49)36-21-11-4-12-22-36;1-5-15-32(16-6-1)43-49-44(33-17-7-2-8-18-33)51-47(50-43)36-29-27-31(28-30-36)37-23-13-24-38-41-39(25-14-26-40(41)55-42(37)38)48-53-45(34-19-9-3-10-20-34)52-46(54-48)35-21-11-4-12-22-35/h1-31H;1-30H. The van der Waals surface area contributed by atoms with E-state index in [0.717, 1.165) is 144 Å². The molecule has 0 amide bonds. The smallest absolute Gasteiger partial charge is 0.164 e. The number of fused-ring (bicyclic) bond motifs is 6. The van der Waals surface area contributed by atoms with Crippen LogP contribution >= 0.6 is 0 Å². The lowest BCUT2D eigenvalue weighted by atomic mass is 9.99. The highest BCUT2D eigenvalue weighted by Gasteiger charge is 2.24. The maximum atomic E-state index is 6.68. The molecule has 20 aromatic rings. The molecule has 6 aromatic heterocycles. The van der Waals surface area contributed by atoms with Gasteiger partial charge >= 0.3 is 0 Å². The molecule has 20 rings (SSSR count). The summed E-state index contributed by atoms with van der Waals surface area (Å²) in [4.78, 5) is 54.6. The largest absolute Gasteiger partial charge is 0.455 e. The minimum absolute atomic E-state index is 0.581. The van der Waals surface area contributed by atoms with Crippen LogP contribution in [-0.2, 0) is 0 Å². The Morgan fingerprint density at radius 2 is 0.373 bits per heavy atom. The predicted octanol–water partition coefficient (Wildman–Crippen LogP) is 23.9. The molecule has 0 bridgehead atoms. The Kier molecular flexibility index (Phi) is 17.3. The van der Waals surface area contributed by atoms with Gasteiger partial charge in [0.2, 0.25) is 0 Å². The number of rotatable bonds is 14. The second-order valence-electron chi connectivity index (χ2n) is 26.4. The molecule has 14 aromatic carbocycles. The van der Waals surface area contributed by atoms with Crippen molar-refractivity contribution in [3.8, 4) is 159 Å². The summed E-state index contributed by atoms with van der Waals surface area (Å²) >= 11 is 0. The number of furan rings is 2. The highest BCUT2D eigenvalue weighted by Crippen LogP contribution is 2.44. The van der Waals surface area contributed by atoms with Gasteiger partial charge in [-0.25, -0.2) is 54.8 Å². The summed E-state index contributed by atoms with van der Waals surface area (Å²) in [6, 6.07) is 124. The molecular formula is C97H61N11O2. The second kappa shape index (κ2) is 29.0. The van der Waals surface area contributed by atoms with E-state index in [9.17, 15) is 0 Å². The van der Waals surface area contributed by atoms with E-state index >= 15 is 0 Å². The van der Waals surface area contributed by atoms with Crippen molar-refractivity contribution in [1.29, 1.82) is 0 Å². The fourth-order valence-corrected chi connectivity index (χ4v) is 14.0. The lowest BCUT2D eigenvalue weighted by Crippen LogP contribution is -2.00. The van der Waals surface area contributed by atoms with Crippen molar-refractivity contribution in [2.75, 3.05) is 0 Å². The van der Waals surface area contributed by atoms with Crippen LogP contribution in [0, 0.1) is 0 Å². The van der Waals surface area contributed by atoms with Crippen LogP contribution in [0.4, 0.5) is 0 Å². The van der Waals surface area contributed by atoms with E-state index in [0.29, 0.717) is 58.2 Å². The molecule has 0 N–H and O–H groups in total. The molecule has 0 atom stereocenters. The van der Waals surface area contributed by atoms with Crippen LogP contribution in [0.3, 0.4) is 0 Å². The summed E-state index contributed by atoms with van der Waals surface area (Å²) in [5.41, 5.74) is 20.0. The van der Waals surface area contributed by atoms with Gasteiger partial charge in [0.05, 0.1) is 11.4 Å². The van der Waals surface area contributed by atoms with E-state index in [1.54, 1.807) is 0 Å². The van der Waals surface area contributed by atoms with E-state index in [1.165, 1.54) is 0 Å². The minimum Gasteiger partial charge on any atom is -0.455 e. The minimum atomic E-state index is 0.581. The molecule has 516 valence electrons. The summed E-state index contributed by atoms with van der Waals surface area (Å²) in [6.45, 7) is 0. The second-order valence-corrected chi connectivity index (χ2v) is 26.4. The Labute approximate surface area is 632 Å². The topological polar surface area (TPSA) is 168 Å². The third-order valence-corrected chi connectivity index (χ3v) is 19.4. The molecule has 0 saturated heterocycles. The number of benzene rings is 14. The third kappa shape index (κ3) is 13.0. The maximum Gasteiger partial charge on any atom is 0.164 e. The number of para-hydroxylation sites is 2. The zero-order valence-corrected chi connectivity index (χ0v) is 59.0. The normalized spacial score (nSPS) is 11.3. The molecule has 0 spiro atoms. The Bertz CT molecular complexity index is 6080. The average Bonchev–Trinajstić information content (AvgIpc) is 1.59. The van der Waals surface area contributed by atoms with Gasteiger partial charge in [0, 0.05) is 99.4 Å². The summed E-state index contributed by atoms with van der Waals surface area (Å²) in [7, 11) is 0. The van der Waals surface area contributed by atoms with E-state index in [-0.39, 0.29) is 0 Å². The zero-order valence-electron chi connectivity index (χ0n) is 59.0. The van der Waals surface area contributed by atoms with Gasteiger partial charge in [0.15, 0.2) is 58.2 Å². The number of aromatic nitrogens is 11. The number of hydrogen-bond acceptors (Lipinski definition) is 13. The number of hydrogen-bond donors (Lipinski definition) is 0. The molecule has 0 fully saturated rings. The lowest BCUT2D eigenvalue weighted by Gasteiger charge is -2.10. The molecule has 0 aliphatic rings. The summed E-state index contributed by atoms with van der Waals surface area (Å²) in [5.74, 6) is 6.14. The van der Waals surface area contributed by atoms with Crippen LogP contribution in [0.5, 0.6) is 0 Å². The van der Waals surface area contributed by atoms with E-state index in [1.807, 2.05) is 243 Å². The van der Waals surface area contributed by atoms with Gasteiger partial charge in [0.25, 0.3) is 0 Å². The maximum absolute atomic E-state index is 6.68. The molecule has 0 radical (unpaired) electrons. The molecule has 0 aliphatic carbocycles. The fraction of sp³-hybridized carbons (Fsp3) is 0. The zero-order chi connectivity index (χ0) is 73.1. The van der Waals surface area contributed by atoms with Crippen molar-refractivity contribution in [3.63, 3.8) is 0 Å². The van der Waals surface area contributed by atoms with Crippen molar-refractivity contribution < 1.29 is 8.83 Å². The van der Waals surface area contributed by atoms with Crippen LogP contribution in [0.2, 0.25) is 0 Å². The van der Waals surface area contributed by atoms with Crippen LogP contribution < -0.4 is 0 Å². The molecular weight excluding hydrogens is 1350 g/mol. The highest BCUT2D eigenvalue weighted by molar-refractivity contribution is 6.16. The van der Waals surface area contributed by atoms with Gasteiger partial charge in [-0.05, 0) is 29.3 Å². The van der Waals surface area contributed by atoms with Gasteiger partial charge < -0.3 is 8.83 Å². The molecule has 0 aliphatic heterocycles. The first kappa shape index (κ1) is 65.5. The quantitative estimate of drug-likeness (QED) is 0.101. The van der Waals surface area contributed by atoms with Crippen LogP contribution in [0.25, 0.3) is 203 Å². The van der Waals surface area contributed by atoms with Crippen molar-refractivity contribution in [1.82, 2.24) is 54.8 Å². The molecule has 110 heavy (non-hydrogen) atoms. The molecule has 13 heteroatoms. The SMILES string of the molecule is c1ccc(-c2cc(-c3ccccc3)nc(-c3ccc(-c4cccc5c4oc4cccc(-c6nc(-c7ccccc7)nc(-c7ccccc7)n6)c45)cc3)n2)cc1.c1ccc(-c2nc(-c3ccccc3)nc(-c3ccc(-c4cccc5c4oc4cccc(-c6nc(-c7ccccc7)nc(-c7ccccc7)n6)c45)cc3)n2)cc1. The van der Waals surface area contributed by atoms with E-state index < -0.39 is 0 Å². The van der Waals surface area contributed by atoms with Crippen LogP contribution in [-0.4, -0.2) is 54.8 Å². The van der Waals surface area contributed by atoms with Gasteiger partial charge in [-0.1, -0.05) is 352 Å². The fourth-order valence-electron chi connectivity index (χ4n) is 14.0. The van der Waals surface area contributed by atoms with Crippen molar-refractivity contribution in [3.05, 3.63) is 370 Å². The summed E-state index contributed by atoms with van der Waals surface area (Å²) in [6.07, 6.45) is 0. The molecule has 0 unspecified atom stereocenters. The molecule has 0 saturated carbocycles. The lowest BCUT2D eigenvalue weighted by molar-refractivity contribution is 0.669. The summed E-state index contributed by atoms with van der Waals surface area (Å²) in [5, 5.41) is 3.88. The Morgan fingerprint density at radius 1 is 0.155 bits per heavy atom. The third-order valence-electron chi connectivity index (χ3n) is 19.4. The first-order chi connectivity index (χ1) is 54.5. The van der Waals surface area contributed by atoms with Gasteiger partial charge in [-0.2, -0.15) is 0 Å². The monoisotopic (exact) mass is 1410 g/mol. The van der Waals surface area contributed by atoms with E-state index in [4.69, 9.17) is 63.7 Å².